The Bertz CT molecular complexity index is 614. The van der Waals surface area contributed by atoms with Crippen molar-refractivity contribution < 1.29 is 0 Å². The molecule has 1 fully saturated rings. The van der Waals surface area contributed by atoms with Crippen LogP contribution in [0.15, 0.2) is 0 Å². The molecule has 0 radical (unpaired) electrons. The van der Waals surface area contributed by atoms with Crippen molar-refractivity contribution in [2.24, 2.45) is 11.8 Å². The first-order valence-corrected chi connectivity index (χ1v) is 7.72. The van der Waals surface area contributed by atoms with Crippen LogP contribution in [0.25, 0.3) is 11.2 Å². The molecule has 0 aliphatic heterocycles. The normalized spacial score (nSPS) is 27.3. The van der Waals surface area contributed by atoms with Gasteiger partial charge >= 0.3 is 0 Å². The Morgan fingerprint density at radius 2 is 1.85 bits per heavy atom. The van der Waals surface area contributed by atoms with Crippen molar-refractivity contribution in [3.8, 4) is 0 Å². The molecule has 0 saturated heterocycles. The number of rotatable bonds is 2. The molecule has 0 amide bonds. The summed E-state index contributed by atoms with van der Waals surface area (Å²) >= 11 is 0. The minimum Gasteiger partial charge on any atom is -0.369 e. The molecule has 5 nitrogen and oxygen atoms in total. The first kappa shape index (κ1) is 13.5. The average Bonchev–Trinajstić information content (AvgIpc) is 2.85. The van der Waals surface area contributed by atoms with Gasteiger partial charge in [0.15, 0.2) is 5.65 Å². The monoisotopic (exact) mass is 275 g/mol. The zero-order valence-electron chi connectivity index (χ0n) is 12.9. The number of nitrogens with zero attached hydrogens (tertiary/aromatic N) is 4. The maximum absolute atomic E-state index is 6.22. The molecule has 2 unspecified atom stereocenters. The Morgan fingerprint density at radius 1 is 1.20 bits per heavy atom. The summed E-state index contributed by atoms with van der Waals surface area (Å²) in [6.07, 6.45) is 3.70. The van der Waals surface area contributed by atoms with Gasteiger partial charge in [0.05, 0.1) is 5.69 Å². The molecular weight excluding hydrogens is 250 g/mol. The maximum atomic E-state index is 6.22. The molecule has 0 bridgehead atoms. The van der Waals surface area contributed by atoms with Gasteiger partial charge in [-0.25, -0.2) is 9.67 Å². The van der Waals surface area contributed by atoms with Crippen LogP contribution >= 0.6 is 0 Å². The Kier molecular flexibility index (Phi) is 3.22. The second-order valence-electron chi connectivity index (χ2n) is 6.48. The molecule has 1 saturated carbocycles. The van der Waals surface area contributed by atoms with E-state index in [2.05, 4.69) is 35.4 Å². The van der Waals surface area contributed by atoms with E-state index in [0.717, 1.165) is 35.2 Å². The number of nitrogen functional groups attached to an aromatic ring is 1. The van der Waals surface area contributed by atoms with E-state index in [9.17, 15) is 0 Å². The molecule has 110 valence electrons. The van der Waals surface area contributed by atoms with Crippen molar-refractivity contribution in [2.75, 3.05) is 5.73 Å². The van der Waals surface area contributed by atoms with Gasteiger partial charge in [-0.05, 0) is 44.9 Å². The van der Waals surface area contributed by atoms with Crippen LogP contribution < -0.4 is 5.73 Å². The van der Waals surface area contributed by atoms with Crippen molar-refractivity contribution in [2.45, 2.75) is 59.5 Å². The second kappa shape index (κ2) is 4.79. The van der Waals surface area contributed by atoms with E-state index in [1.54, 1.807) is 0 Å². The highest BCUT2D eigenvalue weighted by molar-refractivity contribution is 5.77. The first-order chi connectivity index (χ1) is 9.51. The molecule has 2 atom stereocenters. The van der Waals surface area contributed by atoms with Gasteiger partial charge in [-0.1, -0.05) is 13.8 Å². The van der Waals surface area contributed by atoms with E-state index in [1.807, 2.05) is 11.6 Å². The van der Waals surface area contributed by atoms with Gasteiger partial charge in [0, 0.05) is 12.6 Å². The van der Waals surface area contributed by atoms with E-state index in [1.165, 1.54) is 19.3 Å². The number of aromatic nitrogens is 4. The SMILES string of the molecule is CCn1nc(C)c2nc(N)n(C3CC(C)CC(C)C3)c21. The fraction of sp³-hybridized carbons (Fsp3) is 0.733. The third-order valence-corrected chi connectivity index (χ3v) is 4.59. The van der Waals surface area contributed by atoms with E-state index >= 15 is 0 Å². The highest BCUT2D eigenvalue weighted by Crippen LogP contribution is 2.39. The predicted molar refractivity (Wildman–Crippen MR) is 81.6 cm³/mol. The van der Waals surface area contributed by atoms with E-state index in [4.69, 9.17) is 5.73 Å². The predicted octanol–water partition coefficient (Wildman–Crippen LogP) is 3.14. The molecule has 0 aromatic carbocycles. The van der Waals surface area contributed by atoms with Crippen LogP contribution in [0.2, 0.25) is 0 Å². The Balaban J connectivity index is 2.12. The van der Waals surface area contributed by atoms with Crippen molar-refractivity contribution in [1.82, 2.24) is 19.3 Å². The molecule has 1 aliphatic rings. The molecule has 2 aromatic rings. The summed E-state index contributed by atoms with van der Waals surface area (Å²) in [5.74, 6) is 2.15. The molecule has 20 heavy (non-hydrogen) atoms. The Morgan fingerprint density at radius 3 is 2.45 bits per heavy atom. The standard InChI is InChI=1S/C15H25N5/c1-5-19-14-13(11(4)18-19)17-15(16)20(14)12-7-9(2)6-10(3)8-12/h9-10,12H,5-8H2,1-4H3,(H2,16,17). The summed E-state index contributed by atoms with van der Waals surface area (Å²) in [7, 11) is 0. The molecule has 3 rings (SSSR count). The van der Waals surface area contributed by atoms with E-state index < -0.39 is 0 Å². The summed E-state index contributed by atoms with van der Waals surface area (Å²) in [4.78, 5) is 4.56. The zero-order chi connectivity index (χ0) is 14.4. The second-order valence-corrected chi connectivity index (χ2v) is 6.48. The molecule has 0 spiro atoms. The third kappa shape index (κ3) is 2.00. The zero-order valence-corrected chi connectivity index (χ0v) is 12.9. The first-order valence-electron chi connectivity index (χ1n) is 7.72. The number of nitrogens with two attached hydrogens (primary N) is 1. The lowest BCUT2D eigenvalue weighted by molar-refractivity contribution is 0.225. The van der Waals surface area contributed by atoms with Crippen LogP contribution in [-0.4, -0.2) is 19.3 Å². The van der Waals surface area contributed by atoms with Crippen LogP contribution in [0.1, 0.15) is 51.8 Å². The van der Waals surface area contributed by atoms with Crippen molar-refractivity contribution >= 4 is 17.1 Å². The number of hydrogen-bond acceptors (Lipinski definition) is 3. The lowest BCUT2D eigenvalue weighted by Crippen LogP contribution is -2.24. The van der Waals surface area contributed by atoms with E-state index in [-0.39, 0.29) is 0 Å². The fourth-order valence-electron chi connectivity index (χ4n) is 3.90. The lowest BCUT2D eigenvalue weighted by atomic mass is 9.80. The molecule has 5 heteroatoms. The molecule has 2 N–H and O–H groups in total. The number of aryl methyl sites for hydroxylation is 2. The average molecular weight is 275 g/mol. The summed E-state index contributed by atoms with van der Waals surface area (Å²) < 4.78 is 4.28. The quantitative estimate of drug-likeness (QED) is 0.916. The molecular formula is C15H25N5. The van der Waals surface area contributed by atoms with Gasteiger partial charge in [0.2, 0.25) is 5.95 Å². The van der Waals surface area contributed by atoms with Gasteiger partial charge < -0.3 is 5.73 Å². The number of fused-ring (bicyclic) bond motifs is 1. The van der Waals surface area contributed by atoms with Crippen molar-refractivity contribution in [3.05, 3.63) is 5.69 Å². The smallest absolute Gasteiger partial charge is 0.202 e. The van der Waals surface area contributed by atoms with Gasteiger partial charge in [-0.3, -0.25) is 4.57 Å². The van der Waals surface area contributed by atoms with Crippen LogP contribution in [0.5, 0.6) is 0 Å². The van der Waals surface area contributed by atoms with Crippen LogP contribution in [-0.2, 0) is 6.54 Å². The Labute approximate surface area is 120 Å². The topological polar surface area (TPSA) is 61.7 Å². The van der Waals surface area contributed by atoms with Gasteiger partial charge in [-0.15, -0.1) is 0 Å². The Hall–Kier alpha value is -1.52. The molecule has 1 aliphatic carbocycles. The van der Waals surface area contributed by atoms with Crippen molar-refractivity contribution in [3.63, 3.8) is 0 Å². The van der Waals surface area contributed by atoms with Gasteiger partial charge in [0.25, 0.3) is 0 Å². The lowest BCUT2D eigenvalue weighted by Gasteiger charge is -2.33. The van der Waals surface area contributed by atoms with Crippen molar-refractivity contribution in [1.29, 1.82) is 0 Å². The summed E-state index contributed by atoms with van der Waals surface area (Å²) in [6, 6.07) is 0.458. The summed E-state index contributed by atoms with van der Waals surface area (Å²) in [5, 5.41) is 4.58. The summed E-state index contributed by atoms with van der Waals surface area (Å²) in [5.41, 5.74) is 9.27. The number of hydrogen-bond donors (Lipinski definition) is 1. The minimum atomic E-state index is 0.458. The van der Waals surface area contributed by atoms with Gasteiger partial charge in [-0.2, -0.15) is 5.10 Å². The van der Waals surface area contributed by atoms with Gasteiger partial charge in [0.1, 0.15) is 5.52 Å². The maximum Gasteiger partial charge on any atom is 0.202 e. The molecule has 2 heterocycles. The fourth-order valence-corrected chi connectivity index (χ4v) is 3.90. The molecule has 2 aromatic heterocycles. The highest BCUT2D eigenvalue weighted by atomic mass is 15.4. The third-order valence-electron chi connectivity index (χ3n) is 4.59. The van der Waals surface area contributed by atoms with Crippen LogP contribution in [0.4, 0.5) is 5.95 Å². The largest absolute Gasteiger partial charge is 0.369 e. The minimum absolute atomic E-state index is 0.458. The number of anilines is 1. The summed E-state index contributed by atoms with van der Waals surface area (Å²) in [6.45, 7) is 9.67. The van der Waals surface area contributed by atoms with Crippen LogP contribution in [0.3, 0.4) is 0 Å². The highest BCUT2D eigenvalue weighted by Gasteiger charge is 2.29. The number of imidazole rings is 1. The van der Waals surface area contributed by atoms with Crippen LogP contribution in [0, 0.1) is 18.8 Å². The van der Waals surface area contributed by atoms with E-state index in [0.29, 0.717) is 12.0 Å².